The topological polar surface area (TPSA) is 9.23 Å². The lowest BCUT2D eigenvalue weighted by molar-refractivity contribution is 0.482. The van der Waals surface area contributed by atoms with Crippen molar-refractivity contribution in [3.8, 4) is 22.6 Å². The first kappa shape index (κ1) is 14.6. The largest absolute Gasteiger partial charge is 0.457 e. The van der Waals surface area contributed by atoms with E-state index in [2.05, 4.69) is 62.8 Å². The minimum Gasteiger partial charge on any atom is -0.457 e. The van der Waals surface area contributed by atoms with Gasteiger partial charge in [0.05, 0.1) is 0 Å². The van der Waals surface area contributed by atoms with Gasteiger partial charge in [0.2, 0.25) is 0 Å². The molecule has 3 aromatic rings. The van der Waals surface area contributed by atoms with E-state index in [0.29, 0.717) is 0 Å². The van der Waals surface area contributed by atoms with Gasteiger partial charge in [-0.1, -0.05) is 58.4 Å². The normalized spacial score (nSPS) is 10.4. The molecule has 0 N–H and O–H groups in total. The molecule has 0 aliphatic rings. The van der Waals surface area contributed by atoms with Crippen LogP contribution in [-0.4, -0.2) is 0 Å². The van der Waals surface area contributed by atoms with E-state index in [9.17, 15) is 0 Å². The highest BCUT2D eigenvalue weighted by Crippen LogP contribution is 2.29. The van der Waals surface area contributed by atoms with Crippen molar-refractivity contribution < 1.29 is 4.74 Å². The summed E-state index contributed by atoms with van der Waals surface area (Å²) in [6.45, 7) is 0. The molecule has 3 rings (SSSR count). The number of halogens is 2. The highest BCUT2D eigenvalue weighted by atomic mass is 127. The Labute approximate surface area is 146 Å². The molecule has 0 bridgehead atoms. The number of hydrogen-bond acceptors (Lipinski definition) is 1. The molecule has 0 saturated carbocycles. The van der Waals surface area contributed by atoms with Gasteiger partial charge in [-0.15, -0.1) is 0 Å². The van der Waals surface area contributed by atoms with Crippen LogP contribution in [-0.2, 0) is 0 Å². The molecule has 0 unspecified atom stereocenters. The third kappa shape index (κ3) is 3.86. The monoisotopic (exact) mass is 450 g/mol. The van der Waals surface area contributed by atoms with Crippen LogP contribution in [0.5, 0.6) is 11.5 Å². The molecule has 0 fully saturated rings. The summed E-state index contributed by atoms with van der Waals surface area (Å²) >= 11 is 5.77. The summed E-state index contributed by atoms with van der Waals surface area (Å²) in [7, 11) is 0. The van der Waals surface area contributed by atoms with Crippen LogP contribution in [0.25, 0.3) is 11.1 Å². The second-order valence-electron chi connectivity index (χ2n) is 4.60. The summed E-state index contributed by atoms with van der Waals surface area (Å²) in [4.78, 5) is 0. The first-order valence-corrected chi connectivity index (χ1v) is 8.37. The SMILES string of the molecule is Brc1cc(I)cc(Oc2cccc(-c3ccccc3)c2)c1. The summed E-state index contributed by atoms with van der Waals surface area (Å²) < 4.78 is 8.12. The van der Waals surface area contributed by atoms with E-state index < -0.39 is 0 Å². The Morgan fingerprint density at radius 2 is 1.48 bits per heavy atom. The zero-order valence-corrected chi connectivity index (χ0v) is 14.8. The van der Waals surface area contributed by atoms with Gasteiger partial charge in [-0.3, -0.25) is 0 Å². The van der Waals surface area contributed by atoms with Crippen molar-refractivity contribution in [2.75, 3.05) is 0 Å². The lowest BCUT2D eigenvalue weighted by atomic mass is 10.1. The lowest BCUT2D eigenvalue weighted by Gasteiger charge is -2.09. The molecule has 0 radical (unpaired) electrons. The fourth-order valence-electron chi connectivity index (χ4n) is 2.09. The van der Waals surface area contributed by atoms with Crippen molar-refractivity contribution in [2.24, 2.45) is 0 Å². The summed E-state index contributed by atoms with van der Waals surface area (Å²) in [6.07, 6.45) is 0. The molecule has 104 valence electrons. The quantitative estimate of drug-likeness (QED) is 0.413. The van der Waals surface area contributed by atoms with E-state index in [1.54, 1.807) is 0 Å². The van der Waals surface area contributed by atoms with Crippen LogP contribution in [0.3, 0.4) is 0 Å². The van der Waals surface area contributed by atoms with E-state index in [1.165, 1.54) is 5.56 Å². The summed E-state index contributed by atoms with van der Waals surface area (Å²) in [5.74, 6) is 1.67. The van der Waals surface area contributed by atoms with Crippen LogP contribution >= 0.6 is 38.5 Å². The first-order chi connectivity index (χ1) is 10.2. The fraction of sp³-hybridized carbons (Fsp3) is 0. The number of hydrogen-bond donors (Lipinski definition) is 0. The third-order valence-electron chi connectivity index (χ3n) is 3.01. The fourth-order valence-corrected chi connectivity index (χ4v) is 3.64. The highest BCUT2D eigenvalue weighted by molar-refractivity contribution is 14.1. The highest BCUT2D eigenvalue weighted by Gasteiger charge is 2.03. The zero-order valence-electron chi connectivity index (χ0n) is 11.1. The van der Waals surface area contributed by atoms with Gasteiger partial charge >= 0.3 is 0 Å². The van der Waals surface area contributed by atoms with E-state index >= 15 is 0 Å². The van der Waals surface area contributed by atoms with Crippen LogP contribution in [0, 0.1) is 3.57 Å². The summed E-state index contributed by atoms with van der Waals surface area (Å²) in [6, 6.07) is 24.5. The molecule has 0 heterocycles. The predicted octanol–water partition coefficient (Wildman–Crippen LogP) is 6.51. The Balaban J connectivity index is 1.90. The molecule has 1 nitrogen and oxygen atoms in total. The van der Waals surface area contributed by atoms with Crippen LogP contribution in [0.15, 0.2) is 77.3 Å². The zero-order chi connectivity index (χ0) is 14.7. The Hall–Kier alpha value is -1.33. The molecule has 3 heteroatoms. The van der Waals surface area contributed by atoms with Crippen LogP contribution in [0.4, 0.5) is 0 Å². The van der Waals surface area contributed by atoms with Crippen molar-refractivity contribution in [3.05, 3.63) is 80.8 Å². The lowest BCUT2D eigenvalue weighted by Crippen LogP contribution is -1.86. The van der Waals surface area contributed by atoms with Gasteiger partial charge in [0.1, 0.15) is 11.5 Å². The van der Waals surface area contributed by atoms with Gasteiger partial charge < -0.3 is 4.74 Å². The van der Waals surface area contributed by atoms with Crippen molar-refractivity contribution in [3.63, 3.8) is 0 Å². The average molecular weight is 451 g/mol. The minimum absolute atomic E-state index is 0.832. The predicted molar refractivity (Wildman–Crippen MR) is 98.8 cm³/mol. The van der Waals surface area contributed by atoms with E-state index in [4.69, 9.17) is 4.74 Å². The van der Waals surface area contributed by atoms with E-state index in [-0.39, 0.29) is 0 Å². The van der Waals surface area contributed by atoms with Gasteiger partial charge in [-0.25, -0.2) is 0 Å². The molecule has 0 spiro atoms. The van der Waals surface area contributed by atoms with E-state index in [1.807, 2.05) is 48.5 Å². The molecule has 0 amide bonds. The van der Waals surface area contributed by atoms with Gasteiger partial charge in [-0.2, -0.15) is 0 Å². The molecule has 3 aromatic carbocycles. The minimum atomic E-state index is 0.832. The van der Waals surface area contributed by atoms with E-state index in [0.717, 1.165) is 25.1 Å². The van der Waals surface area contributed by atoms with Gasteiger partial charge in [0.15, 0.2) is 0 Å². The molecule has 0 saturated heterocycles. The summed E-state index contributed by atoms with van der Waals surface area (Å²) in [5.41, 5.74) is 2.34. The van der Waals surface area contributed by atoms with Gasteiger partial charge in [0.25, 0.3) is 0 Å². The molecule has 0 atom stereocenters. The second-order valence-corrected chi connectivity index (χ2v) is 6.76. The average Bonchev–Trinajstić information content (AvgIpc) is 2.47. The molecule has 0 aromatic heterocycles. The maximum absolute atomic E-state index is 5.97. The Morgan fingerprint density at radius 3 is 2.24 bits per heavy atom. The first-order valence-electron chi connectivity index (χ1n) is 6.50. The molecule has 21 heavy (non-hydrogen) atoms. The van der Waals surface area contributed by atoms with Crippen molar-refractivity contribution in [1.29, 1.82) is 0 Å². The Kier molecular flexibility index (Phi) is 4.60. The number of benzene rings is 3. The van der Waals surface area contributed by atoms with Gasteiger partial charge in [-0.05, 0) is 64.0 Å². The van der Waals surface area contributed by atoms with Crippen LogP contribution < -0.4 is 4.74 Å². The molecule has 0 aliphatic heterocycles. The van der Waals surface area contributed by atoms with Crippen LogP contribution in [0.1, 0.15) is 0 Å². The third-order valence-corrected chi connectivity index (χ3v) is 4.09. The molecular weight excluding hydrogens is 439 g/mol. The second kappa shape index (κ2) is 6.62. The number of rotatable bonds is 3. The Bertz CT molecular complexity index is 736. The van der Waals surface area contributed by atoms with Crippen LogP contribution in [0.2, 0.25) is 0 Å². The van der Waals surface area contributed by atoms with Crippen molar-refractivity contribution >= 4 is 38.5 Å². The van der Waals surface area contributed by atoms with Crippen molar-refractivity contribution in [2.45, 2.75) is 0 Å². The standard InChI is InChI=1S/C18H12BrIO/c19-15-10-16(20)12-18(11-15)21-17-8-4-7-14(9-17)13-5-2-1-3-6-13/h1-12H. The summed E-state index contributed by atoms with van der Waals surface area (Å²) in [5, 5.41) is 0. The smallest absolute Gasteiger partial charge is 0.129 e. The molecular formula is C18H12BrIO. The molecule has 0 aliphatic carbocycles. The van der Waals surface area contributed by atoms with Gasteiger partial charge in [0, 0.05) is 8.04 Å². The maximum atomic E-state index is 5.97. The van der Waals surface area contributed by atoms with Crippen molar-refractivity contribution in [1.82, 2.24) is 0 Å². The number of ether oxygens (including phenoxy) is 1. The Morgan fingerprint density at radius 1 is 0.714 bits per heavy atom. The maximum Gasteiger partial charge on any atom is 0.129 e.